The zero-order valence-electron chi connectivity index (χ0n) is 19.8. The predicted octanol–water partition coefficient (Wildman–Crippen LogP) is 3.03. The fraction of sp³-hybridized carbons (Fsp3) is 0.391. The summed E-state index contributed by atoms with van der Waals surface area (Å²) in [5, 5.41) is 2.48. The van der Waals surface area contributed by atoms with E-state index in [1.165, 1.54) is 25.1 Å². The highest BCUT2D eigenvalue weighted by Gasteiger charge is 2.34. The van der Waals surface area contributed by atoms with Crippen molar-refractivity contribution in [2.75, 3.05) is 31.3 Å². The smallest absolute Gasteiger partial charge is 0.416 e. The molecule has 2 rings (SSSR count). The normalized spacial score (nSPS) is 12.5. The van der Waals surface area contributed by atoms with E-state index in [1.54, 1.807) is 31.2 Å². The van der Waals surface area contributed by atoms with E-state index in [0.717, 1.165) is 18.4 Å². The highest BCUT2D eigenvalue weighted by Crippen LogP contribution is 2.32. The molecule has 2 aromatic carbocycles. The molecule has 0 saturated heterocycles. The minimum atomic E-state index is -4.70. The van der Waals surface area contributed by atoms with E-state index in [9.17, 15) is 31.2 Å². The summed E-state index contributed by atoms with van der Waals surface area (Å²) < 4.78 is 70.4. The number of likely N-dealkylation sites (N-methyl/N-ethyl adjacent to an activating group) is 1. The van der Waals surface area contributed by atoms with Crippen LogP contribution in [0.3, 0.4) is 0 Å². The molecule has 0 radical (unpaired) electrons. The third-order valence-electron chi connectivity index (χ3n) is 5.26. The van der Waals surface area contributed by atoms with Crippen LogP contribution in [0.15, 0.2) is 48.5 Å². The van der Waals surface area contributed by atoms with Crippen molar-refractivity contribution >= 4 is 27.5 Å². The van der Waals surface area contributed by atoms with E-state index < -0.39 is 46.2 Å². The van der Waals surface area contributed by atoms with Gasteiger partial charge in [0.05, 0.1) is 24.6 Å². The Hall–Kier alpha value is -3.28. The van der Waals surface area contributed by atoms with Gasteiger partial charge in [0.2, 0.25) is 21.8 Å². The second kappa shape index (κ2) is 11.4. The SMILES string of the molecule is CC[C@H](C(=O)NC)N(Cc1cccc(OC)c1)C(=O)CN(c1cccc(C(F)(F)F)c1)S(C)(=O)=O. The summed E-state index contributed by atoms with van der Waals surface area (Å²) in [6.07, 6.45) is -3.69. The number of carbonyl (C=O) groups excluding carboxylic acids is 2. The van der Waals surface area contributed by atoms with Crippen molar-refractivity contribution in [1.82, 2.24) is 10.2 Å². The van der Waals surface area contributed by atoms with Crippen LogP contribution in [-0.2, 0) is 32.3 Å². The molecular formula is C23H28F3N3O5S. The molecule has 12 heteroatoms. The number of nitrogens with zero attached hydrogens (tertiary/aromatic N) is 2. The van der Waals surface area contributed by atoms with Gasteiger partial charge in [0.15, 0.2) is 0 Å². The zero-order valence-corrected chi connectivity index (χ0v) is 20.6. The molecule has 0 aromatic heterocycles. The number of alkyl halides is 3. The Kier molecular flexibility index (Phi) is 9.13. The van der Waals surface area contributed by atoms with E-state index in [0.29, 0.717) is 21.7 Å². The molecule has 1 N–H and O–H groups in total. The molecule has 8 nitrogen and oxygen atoms in total. The number of anilines is 1. The van der Waals surface area contributed by atoms with Crippen molar-refractivity contribution < 1.29 is 35.9 Å². The number of nitrogens with one attached hydrogen (secondary N) is 1. The van der Waals surface area contributed by atoms with Crippen molar-refractivity contribution in [2.45, 2.75) is 32.1 Å². The van der Waals surface area contributed by atoms with Gasteiger partial charge in [-0.1, -0.05) is 25.1 Å². The van der Waals surface area contributed by atoms with Crippen LogP contribution in [0.2, 0.25) is 0 Å². The van der Waals surface area contributed by atoms with E-state index in [-0.39, 0.29) is 18.7 Å². The number of benzene rings is 2. The van der Waals surface area contributed by atoms with Gasteiger partial charge in [-0.15, -0.1) is 0 Å². The first-order valence-electron chi connectivity index (χ1n) is 10.6. The molecule has 0 saturated carbocycles. The zero-order chi connectivity index (χ0) is 26.4. The van der Waals surface area contributed by atoms with Crippen LogP contribution in [-0.4, -0.2) is 58.1 Å². The molecule has 0 aliphatic rings. The predicted molar refractivity (Wildman–Crippen MR) is 125 cm³/mol. The fourth-order valence-corrected chi connectivity index (χ4v) is 4.35. The Balaban J connectivity index is 2.48. The van der Waals surface area contributed by atoms with Gasteiger partial charge in [-0.25, -0.2) is 8.42 Å². The summed E-state index contributed by atoms with van der Waals surface area (Å²) in [4.78, 5) is 27.2. The van der Waals surface area contributed by atoms with E-state index in [4.69, 9.17) is 4.74 Å². The lowest BCUT2D eigenvalue weighted by Crippen LogP contribution is -2.51. The van der Waals surface area contributed by atoms with E-state index in [1.807, 2.05) is 0 Å². The first-order valence-corrected chi connectivity index (χ1v) is 12.5. The molecule has 0 aliphatic carbocycles. The summed E-state index contributed by atoms with van der Waals surface area (Å²) in [6.45, 7) is 0.840. The molecule has 35 heavy (non-hydrogen) atoms. The third kappa shape index (κ3) is 7.35. The first-order chi connectivity index (χ1) is 16.3. The van der Waals surface area contributed by atoms with Gasteiger partial charge in [0.1, 0.15) is 18.3 Å². The number of carbonyl (C=O) groups is 2. The molecular weight excluding hydrogens is 487 g/mol. The number of sulfonamides is 1. The number of rotatable bonds is 10. The molecule has 0 aliphatic heterocycles. The van der Waals surface area contributed by atoms with Gasteiger partial charge >= 0.3 is 6.18 Å². The number of ether oxygens (including phenoxy) is 1. The van der Waals surface area contributed by atoms with Gasteiger partial charge in [-0.3, -0.25) is 13.9 Å². The van der Waals surface area contributed by atoms with Crippen LogP contribution >= 0.6 is 0 Å². The van der Waals surface area contributed by atoms with Gasteiger partial charge in [-0.05, 0) is 42.3 Å². The van der Waals surface area contributed by atoms with Crippen molar-refractivity contribution in [1.29, 1.82) is 0 Å². The number of methoxy groups -OCH3 is 1. The summed E-state index contributed by atoms with van der Waals surface area (Å²) in [5.74, 6) is -0.704. The van der Waals surface area contributed by atoms with Crippen LogP contribution in [0.4, 0.5) is 18.9 Å². The van der Waals surface area contributed by atoms with E-state index >= 15 is 0 Å². The quantitative estimate of drug-likeness (QED) is 0.525. The van der Waals surface area contributed by atoms with Crippen LogP contribution in [0.1, 0.15) is 24.5 Å². The van der Waals surface area contributed by atoms with Crippen molar-refractivity contribution in [2.24, 2.45) is 0 Å². The lowest BCUT2D eigenvalue weighted by molar-refractivity contribution is -0.140. The Morgan fingerprint density at radius 3 is 2.31 bits per heavy atom. The summed E-state index contributed by atoms with van der Waals surface area (Å²) in [5.41, 5.74) is -0.754. The van der Waals surface area contributed by atoms with Crippen molar-refractivity contribution in [3.8, 4) is 5.75 Å². The lowest BCUT2D eigenvalue weighted by Gasteiger charge is -2.32. The van der Waals surface area contributed by atoms with Crippen LogP contribution < -0.4 is 14.4 Å². The summed E-state index contributed by atoms with van der Waals surface area (Å²) in [6, 6.07) is 9.53. The Bertz CT molecular complexity index is 1160. The fourth-order valence-electron chi connectivity index (χ4n) is 3.50. The van der Waals surface area contributed by atoms with Crippen LogP contribution in [0, 0.1) is 0 Å². The standard InChI is InChI=1S/C23H28F3N3O5S/c1-5-20(22(31)27-2)28(14-16-8-6-11-19(12-16)34-3)21(30)15-29(35(4,32)33)18-10-7-9-17(13-18)23(24,25)26/h6-13,20H,5,14-15H2,1-4H3,(H,27,31)/t20-/m1/s1. The second-order valence-corrected chi connectivity index (χ2v) is 9.64. The molecule has 2 amide bonds. The molecule has 2 aromatic rings. The topological polar surface area (TPSA) is 96.0 Å². The number of halogens is 3. The molecule has 0 fully saturated rings. The maximum atomic E-state index is 13.4. The lowest BCUT2D eigenvalue weighted by atomic mass is 10.1. The van der Waals surface area contributed by atoms with Gasteiger partial charge < -0.3 is 15.0 Å². The minimum Gasteiger partial charge on any atom is -0.497 e. The first kappa shape index (κ1) is 28.0. The second-order valence-electron chi connectivity index (χ2n) is 7.73. The largest absolute Gasteiger partial charge is 0.497 e. The monoisotopic (exact) mass is 515 g/mol. The Morgan fingerprint density at radius 2 is 1.77 bits per heavy atom. The van der Waals surface area contributed by atoms with Gasteiger partial charge in [-0.2, -0.15) is 13.2 Å². The number of hydrogen-bond donors (Lipinski definition) is 1. The van der Waals surface area contributed by atoms with Crippen LogP contribution in [0.25, 0.3) is 0 Å². The molecule has 0 unspecified atom stereocenters. The van der Waals surface area contributed by atoms with E-state index in [2.05, 4.69) is 5.32 Å². The average Bonchev–Trinajstić information content (AvgIpc) is 2.80. The highest BCUT2D eigenvalue weighted by molar-refractivity contribution is 7.92. The Labute approximate surface area is 202 Å². The molecule has 192 valence electrons. The molecule has 0 bridgehead atoms. The molecule has 0 heterocycles. The summed E-state index contributed by atoms with van der Waals surface area (Å²) in [7, 11) is -1.27. The summed E-state index contributed by atoms with van der Waals surface area (Å²) >= 11 is 0. The minimum absolute atomic E-state index is 0.0534. The maximum absolute atomic E-state index is 13.4. The van der Waals surface area contributed by atoms with Crippen molar-refractivity contribution in [3.05, 3.63) is 59.7 Å². The van der Waals surface area contributed by atoms with Gasteiger partial charge in [0, 0.05) is 13.6 Å². The highest BCUT2D eigenvalue weighted by atomic mass is 32.2. The Morgan fingerprint density at radius 1 is 1.11 bits per heavy atom. The van der Waals surface area contributed by atoms with Crippen molar-refractivity contribution in [3.63, 3.8) is 0 Å². The number of hydrogen-bond acceptors (Lipinski definition) is 5. The molecule has 0 spiro atoms. The molecule has 1 atom stereocenters. The number of amides is 2. The third-order valence-corrected chi connectivity index (χ3v) is 6.40. The average molecular weight is 516 g/mol. The van der Waals surface area contributed by atoms with Gasteiger partial charge in [0.25, 0.3) is 0 Å². The van der Waals surface area contributed by atoms with Crippen LogP contribution in [0.5, 0.6) is 5.75 Å². The maximum Gasteiger partial charge on any atom is 0.416 e.